The smallest absolute Gasteiger partial charge is 0.155 e. The van der Waals surface area contributed by atoms with Crippen molar-refractivity contribution < 1.29 is 8.94 Å². The molecule has 0 saturated heterocycles. The average Bonchev–Trinajstić information content (AvgIpc) is 2.18. The molecule has 88 valence electrons. The van der Waals surface area contributed by atoms with Crippen LogP contribution < -0.4 is 0 Å². The molecule has 0 N–H and O–H groups in total. The number of pyridine rings is 1. The molecule has 6 heteroatoms. The lowest BCUT2D eigenvalue weighted by Crippen LogP contribution is -2.25. The van der Waals surface area contributed by atoms with E-state index in [1.54, 1.807) is 0 Å². The fourth-order valence-corrected chi connectivity index (χ4v) is 1.62. The molecule has 0 aliphatic carbocycles. The van der Waals surface area contributed by atoms with E-state index in [0.29, 0.717) is 10.2 Å². The lowest BCUT2D eigenvalue weighted by Gasteiger charge is -2.17. The summed E-state index contributed by atoms with van der Waals surface area (Å²) in [7, 11) is 0. The molecule has 3 nitrogen and oxygen atoms in total. The highest BCUT2D eigenvalue weighted by atomic mass is 79.9. The van der Waals surface area contributed by atoms with E-state index in [-0.39, 0.29) is 0 Å². The normalized spacial score (nSPS) is 14.4. The van der Waals surface area contributed by atoms with Crippen molar-refractivity contribution >= 4 is 33.5 Å². The highest BCUT2D eigenvalue weighted by molar-refractivity contribution is 9.10. The third kappa shape index (κ3) is 3.84. The second kappa shape index (κ2) is 5.25. The summed E-state index contributed by atoms with van der Waals surface area (Å²) in [6.07, 6.45) is 2.47. The van der Waals surface area contributed by atoms with E-state index in [2.05, 4.69) is 25.3 Å². The van der Waals surface area contributed by atoms with Crippen molar-refractivity contribution in [3.8, 4) is 0 Å². The maximum Gasteiger partial charge on any atom is 0.155 e. The topological polar surface area (TPSA) is 48.3 Å². The molecular formula is C10H12BrFN2OS. The zero-order valence-electron chi connectivity index (χ0n) is 9.20. The van der Waals surface area contributed by atoms with Gasteiger partial charge in [0, 0.05) is 0 Å². The second-order valence-electron chi connectivity index (χ2n) is 4.12. The van der Waals surface area contributed by atoms with Crippen molar-refractivity contribution in [2.24, 2.45) is 4.40 Å². The molecule has 0 radical (unpaired) electrons. The SMILES string of the molecule is CC(C)(C)[S+]([O-])N=Cc1cc(Br)c(F)cn1. The van der Waals surface area contributed by atoms with Gasteiger partial charge < -0.3 is 4.55 Å². The quantitative estimate of drug-likeness (QED) is 0.623. The van der Waals surface area contributed by atoms with Gasteiger partial charge >= 0.3 is 0 Å². The van der Waals surface area contributed by atoms with Crippen molar-refractivity contribution in [2.45, 2.75) is 25.5 Å². The predicted octanol–water partition coefficient (Wildman–Crippen LogP) is 2.86. The monoisotopic (exact) mass is 306 g/mol. The first-order chi connectivity index (χ1) is 7.30. The van der Waals surface area contributed by atoms with Gasteiger partial charge in [0.25, 0.3) is 0 Å². The fraction of sp³-hybridized carbons (Fsp3) is 0.400. The highest BCUT2D eigenvalue weighted by Gasteiger charge is 2.25. The standard InChI is InChI=1S/C10H12BrFN2OS/c1-10(2,3)16(15)14-5-7-4-8(11)9(12)6-13-7/h4-6H,1-3H3. The minimum Gasteiger partial charge on any atom is -0.591 e. The Balaban J connectivity index is 2.81. The van der Waals surface area contributed by atoms with E-state index in [0.717, 1.165) is 6.20 Å². The number of halogens is 2. The van der Waals surface area contributed by atoms with Gasteiger partial charge in [-0.15, -0.1) is 0 Å². The molecule has 1 rings (SSSR count). The highest BCUT2D eigenvalue weighted by Crippen LogP contribution is 2.17. The van der Waals surface area contributed by atoms with E-state index in [1.165, 1.54) is 12.3 Å². The van der Waals surface area contributed by atoms with Crippen LogP contribution in [0.2, 0.25) is 0 Å². The Labute approximate surface area is 106 Å². The molecule has 0 aliphatic heterocycles. The Kier molecular flexibility index (Phi) is 4.46. The molecule has 1 aromatic rings. The summed E-state index contributed by atoms with van der Waals surface area (Å²) in [5, 5.41) is 0. The summed E-state index contributed by atoms with van der Waals surface area (Å²) in [5.74, 6) is -0.436. The Hall–Kier alpha value is -0.460. The molecule has 0 aliphatic rings. The van der Waals surface area contributed by atoms with Gasteiger partial charge in [-0.2, -0.15) is 0 Å². The van der Waals surface area contributed by atoms with E-state index in [9.17, 15) is 8.94 Å². The van der Waals surface area contributed by atoms with Gasteiger partial charge in [0.1, 0.15) is 22.3 Å². The summed E-state index contributed by atoms with van der Waals surface area (Å²) in [6.45, 7) is 5.48. The fourth-order valence-electron chi connectivity index (χ4n) is 0.760. The molecule has 0 aromatic carbocycles. The van der Waals surface area contributed by atoms with Crippen molar-refractivity contribution in [3.05, 3.63) is 28.2 Å². The molecule has 0 fully saturated rings. The first-order valence-electron chi connectivity index (χ1n) is 4.58. The van der Waals surface area contributed by atoms with Crippen LogP contribution in [0.25, 0.3) is 0 Å². The van der Waals surface area contributed by atoms with Crippen LogP contribution in [-0.2, 0) is 11.4 Å². The van der Waals surface area contributed by atoms with Gasteiger partial charge in [-0.1, -0.05) is 4.40 Å². The summed E-state index contributed by atoms with van der Waals surface area (Å²) < 4.78 is 28.2. The summed E-state index contributed by atoms with van der Waals surface area (Å²) in [4.78, 5) is 3.80. The van der Waals surface area contributed by atoms with Crippen LogP contribution in [0, 0.1) is 5.82 Å². The Bertz CT molecular complexity index is 406. The predicted molar refractivity (Wildman–Crippen MR) is 67.4 cm³/mol. The number of hydrogen-bond acceptors (Lipinski definition) is 3. The molecule has 1 atom stereocenters. The largest absolute Gasteiger partial charge is 0.591 e. The Morgan fingerprint density at radius 2 is 2.19 bits per heavy atom. The van der Waals surface area contributed by atoms with Crippen molar-refractivity contribution in [3.63, 3.8) is 0 Å². The number of nitrogens with zero attached hydrogens (tertiary/aromatic N) is 2. The molecule has 1 heterocycles. The number of hydrogen-bond donors (Lipinski definition) is 0. The lowest BCUT2D eigenvalue weighted by molar-refractivity contribution is 0.562. The zero-order valence-corrected chi connectivity index (χ0v) is 11.6. The number of rotatable bonds is 2. The van der Waals surface area contributed by atoms with Crippen molar-refractivity contribution in [2.75, 3.05) is 0 Å². The minimum absolute atomic E-state index is 0.311. The molecule has 16 heavy (non-hydrogen) atoms. The van der Waals surface area contributed by atoms with Crippen molar-refractivity contribution in [1.29, 1.82) is 0 Å². The van der Waals surface area contributed by atoms with Gasteiger partial charge in [-0.25, -0.2) is 4.39 Å². The van der Waals surface area contributed by atoms with Gasteiger partial charge in [0.05, 0.1) is 16.4 Å². The lowest BCUT2D eigenvalue weighted by atomic mass is 10.3. The van der Waals surface area contributed by atoms with Crippen LogP contribution in [-0.4, -0.2) is 20.5 Å². The maximum atomic E-state index is 12.9. The van der Waals surface area contributed by atoms with Crippen LogP contribution in [0.15, 0.2) is 21.1 Å². The first kappa shape index (κ1) is 13.6. The molecule has 0 bridgehead atoms. The zero-order chi connectivity index (χ0) is 12.3. The summed E-state index contributed by atoms with van der Waals surface area (Å²) in [5.41, 5.74) is 0.464. The Morgan fingerprint density at radius 1 is 1.56 bits per heavy atom. The average molecular weight is 307 g/mol. The maximum absolute atomic E-state index is 12.9. The number of aromatic nitrogens is 1. The van der Waals surface area contributed by atoms with E-state index in [4.69, 9.17) is 0 Å². The molecule has 1 unspecified atom stereocenters. The van der Waals surface area contributed by atoms with Crippen LogP contribution in [0.1, 0.15) is 26.5 Å². The van der Waals surface area contributed by atoms with Gasteiger partial charge in [-0.3, -0.25) is 4.98 Å². The minimum atomic E-state index is -1.33. The second-order valence-corrected chi connectivity index (χ2v) is 6.91. The van der Waals surface area contributed by atoms with Gasteiger partial charge in [-0.05, 0) is 42.8 Å². The molecule has 0 saturated carbocycles. The summed E-state index contributed by atoms with van der Waals surface area (Å²) >= 11 is 1.71. The Morgan fingerprint density at radius 3 is 2.69 bits per heavy atom. The molecule has 1 aromatic heterocycles. The molecular weight excluding hydrogens is 295 g/mol. The third-order valence-corrected chi connectivity index (χ3v) is 3.59. The van der Waals surface area contributed by atoms with Gasteiger partial charge in [0.2, 0.25) is 0 Å². The van der Waals surface area contributed by atoms with Crippen LogP contribution >= 0.6 is 15.9 Å². The summed E-state index contributed by atoms with van der Waals surface area (Å²) in [6, 6.07) is 1.48. The molecule has 0 spiro atoms. The van der Waals surface area contributed by atoms with Crippen LogP contribution in [0.3, 0.4) is 0 Å². The van der Waals surface area contributed by atoms with Gasteiger partial charge in [0.15, 0.2) is 5.82 Å². The first-order valence-corrected chi connectivity index (χ1v) is 6.48. The van der Waals surface area contributed by atoms with Crippen LogP contribution in [0.5, 0.6) is 0 Å². The van der Waals surface area contributed by atoms with E-state index < -0.39 is 21.9 Å². The van der Waals surface area contributed by atoms with E-state index in [1.807, 2.05) is 20.8 Å². The van der Waals surface area contributed by atoms with E-state index >= 15 is 0 Å². The van der Waals surface area contributed by atoms with Crippen LogP contribution in [0.4, 0.5) is 4.39 Å². The van der Waals surface area contributed by atoms with Crippen molar-refractivity contribution in [1.82, 2.24) is 4.98 Å². The third-order valence-electron chi connectivity index (χ3n) is 1.63. The molecule has 0 amide bonds.